The lowest BCUT2D eigenvalue weighted by Crippen LogP contribution is -1.85. The van der Waals surface area contributed by atoms with Crippen molar-refractivity contribution in [1.82, 2.24) is 15.0 Å². The molecule has 0 aliphatic rings. The molecule has 2 aromatic rings. The van der Waals surface area contributed by atoms with Crippen molar-refractivity contribution in [3.8, 4) is 11.5 Å². The van der Waals surface area contributed by atoms with E-state index in [1.807, 2.05) is 32.2 Å². The van der Waals surface area contributed by atoms with E-state index in [2.05, 4.69) is 15.0 Å². The smallest absolute Gasteiger partial charge is 0.156 e. The van der Waals surface area contributed by atoms with Crippen molar-refractivity contribution >= 4 is 0 Å². The zero-order valence-electron chi connectivity index (χ0n) is 7.70. The van der Waals surface area contributed by atoms with Gasteiger partial charge < -0.3 is 4.98 Å². The van der Waals surface area contributed by atoms with Crippen LogP contribution in [-0.4, -0.2) is 15.0 Å². The maximum atomic E-state index is 4.27. The summed E-state index contributed by atoms with van der Waals surface area (Å²) in [7, 11) is 0. The van der Waals surface area contributed by atoms with E-state index in [0.29, 0.717) is 0 Å². The molecule has 0 fully saturated rings. The summed E-state index contributed by atoms with van der Waals surface area (Å²) in [5.41, 5.74) is 3.10. The summed E-state index contributed by atoms with van der Waals surface area (Å²) in [6.45, 7) is 3.99. The molecule has 0 unspecified atom stereocenters. The Morgan fingerprint density at radius 1 is 1.08 bits per heavy atom. The van der Waals surface area contributed by atoms with Crippen LogP contribution in [-0.2, 0) is 0 Å². The molecular weight excluding hydrogens is 162 g/mol. The third-order valence-corrected chi connectivity index (χ3v) is 1.86. The van der Waals surface area contributed by atoms with Crippen LogP contribution >= 0.6 is 0 Å². The monoisotopic (exact) mass is 173 g/mol. The first-order valence-corrected chi connectivity index (χ1v) is 4.20. The standard InChI is InChI=1S/C10H11N3/c1-7-3-4-9(11-5-7)10-12-6-8(2)13-10/h3-6H,1-2H3,(H,12,13). The van der Waals surface area contributed by atoms with Crippen molar-refractivity contribution in [2.45, 2.75) is 13.8 Å². The van der Waals surface area contributed by atoms with E-state index >= 15 is 0 Å². The first kappa shape index (κ1) is 7.98. The van der Waals surface area contributed by atoms with Gasteiger partial charge in [0.15, 0.2) is 5.82 Å². The molecule has 0 amide bonds. The van der Waals surface area contributed by atoms with Gasteiger partial charge in [-0.15, -0.1) is 0 Å². The van der Waals surface area contributed by atoms with Gasteiger partial charge in [-0.25, -0.2) is 4.98 Å². The Morgan fingerprint density at radius 2 is 1.92 bits per heavy atom. The van der Waals surface area contributed by atoms with Crippen LogP contribution in [0.1, 0.15) is 11.3 Å². The summed E-state index contributed by atoms with van der Waals surface area (Å²) in [5.74, 6) is 0.831. The number of aryl methyl sites for hydroxylation is 2. The Labute approximate surface area is 76.9 Å². The lowest BCUT2D eigenvalue weighted by molar-refractivity contribution is 1.19. The zero-order chi connectivity index (χ0) is 9.26. The maximum Gasteiger partial charge on any atom is 0.156 e. The van der Waals surface area contributed by atoms with Gasteiger partial charge in [-0.3, -0.25) is 4.98 Å². The highest BCUT2D eigenvalue weighted by Gasteiger charge is 2.01. The predicted molar refractivity (Wildman–Crippen MR) is 51.3 cm³/mol. The van der Waals surface area contributed by atoms with Crippen LogP contribution in [0.15, 0.2) is 24.5 Å². The van der Waals surface area contributed by atoms with E-state index < -0.39 is 0 Å². The van der Waals surface area contributed by atoms with E-state index in [1.165, 1.54) is 0 Å². The Bertz CT molecular complexity index is 400. The van der Waals surface area contributed by atoms with Crippen molar-refractivity contribution in [1.29, 1.82) is 0 Å². The first-order valence-electron chi connectivity index (χ1n) is 4.20. The summed E-state index contributed by atoms with van der Waals surface area (Å²) in [4.78, 5) is 11.6. The minimum Gasteiger partial charge on any atom is -0.341 e. The first-order chi connectivity index (χ1) is 6.25. The average molecular weight is 173 g/mol. The summed E-state index contributed by atoms with van der Waals surface area (Å²) in [6, 6.07) is 3.99. The zero-order valence-corrected chi connectivity index (χ0v) is 7.70. The second-order valence-corrected chi connectivity index (χ2v) is 3.14. The molecule has 66 valence electrons. The lowest BCUT2D eigenvalue weighted by Gasteiger charge is -1.95. The summed E-state index contributed by atoms with van der Waals surface area (Å²) < 4.78 is 0. The fraction of sp³-hybridized carbons (Fsp3) is 0.200. The Hall–Kier alpha value is -1.64. The molecule has 0 atom stereocenters. The van der Waals surface area contributed by atoms with E-state index in [9.17, 15) is 0 Å². The highest BCUT2D eigenvalue weighted by molar-refractivity contribution is 5.49. The van der Waals surface area contributed by atoms with Crippen LogP contribution in [0.2, 0.25) is 0 Å². The summed E-state index contributed by atoms with van der Waals surface area (Å²) >= 11 is 0. The quantitative estimate of drug-likeness (QED) is 0.717. The molecule has 0 radical (unpaired) electrons. The van der Waals surface area contributed by atoms with E-state index in [1.54, 1.807) is 6.20 Å². The van der Waals surface area contributed by atoms with Crippen LogP contribution in [0.5, 0.6) is 0 Å². The minimum atomic E-state index is 0.831. The molecular formula is C10H11N3. The van der Waals surface area contributed by atoms with Crippen LogP contribution in [0, 0.1) is 13.8 Å². The molecule has 0 aromatic carbocycles. The maximum absolute atomic E-state index is 4.27. The number of nitrogens with one attached hydrogen (secondary N) is 1. The topological polar surface area (TPSA) is 41.6 Å². The SMILES string of the molecule is Cc1ccc(-c2ncc(C)[nH]2)nc1. The van der Waals surface area contributed by atoms with Crippen LogP contribution < -0.4 is 0 Å². The van der Waals surface area contributed by atoms with Gasteiger partial charge in [-0.05, 0) is 25.5 Å². The molecule has 0 saturated carbocycles. The molecule has 2 heterocycles. The number of rotatable bonds is 1. The number of imidazole rings is 1. The molecule has 0 saturated heterocycles. The molecule has 0 aliphatic carbocycles. The predicted octanol–water partition coefficient (Wildman–Crippen LogP) is 2.09. The van der Waals surface area contributed by atoms with Gasteiger partial charge in [0.1, 0.15) is 5.69 Å². The molecule has 0 spiro atoms. The summed E-state index contributed by atoms with van der Waals surface area (Å²) in [6.07, 6.45) is 3.64. The normalized spacial score (nSPS) is 10.3. The molecule has 0 bridgehead atoms. The molecule has 0 aliphatic heterocycles. The van der Waals surface area contributed by atoms with Crippen molar-refractivity contribution in [3.63, 3.8) is 0 Å². The van der Waals surface area contributed by atoms with Gasteiger partial charge in [0.05, 0.1) is 0 Å². The van der Waals surface area contributed by atoms with E-state index in [0.717, 1.165) is 22.8 Å². The minimum absolute atomic E-state index is 0.831. The van der Waals surface area contributed by atoms with Gasteiger partial charge >= 0.3 is 0 Å². The van der Waals surface area contributed by atoms with Crippen LogP contribution in [0.4, 0.5) is 0 Å². The van der Waals surface area contributed by atoms with Gasteiger partial charge in [0.2, 0.25) is 0 Å². The molecule has 3 nitrogen and oxygen atoms in total. The number of pyridine rings is 1. The number of aromatic nitrogens is 3. The van der Waals surface area contributed by atoms with E-state index in [-0.39, 0.29) is 0 Å². The molecule has 2 aromatic heterocycles. The van der Waals surface area contributed by atoms with Crippen molar-refractivity contribution in [2.24, 2.45) is 0 Å². The molecule has 2 rings (SSSR count). The summed E-state index contributed by atoms with van der Waals surface area (Å²) in [5, 5.41) is 0. The van der Waals surface area contributed by atoms with Crippen molar-refractivity contribution in [3.05, 3.63) is 35.8 Å². The third-order valence-electron chi connectivity index (χ3n) is 1.86. The van der Waals surface area contributed by atoms with Gasteiger partial charge in [0, 0.05) is 18.1 Å². The number of H-pyrrole nitrogens is 1. The average Bonchev–Trinajstić information content (AvgIpc) is 2.53. The van der Waals surface area contributed by atoms with Crippen LogP contribution in [0.3, 0.4) is 0 Å². The van der Waals surface area contributed by atoms with Gasteiger partial charge in [-0.2, -0.15) is 0 Å². The number of hydrogen-bond acceptors (Lipinski definition) is 2. The Balaban J connectivity index is 2.41. The highest BCUT2D eigenvalue weighted by atomic mass is 14.9. The molecule has 13 heavy (non-hydrogen) atoms. The second-order valence-electron chi connectivity index (χ2n) is 3.14. The van der Waals surface area contributed by atoms with Crippen molar-refractivity contribution < 1.29 is 0 Å². The van der Waals surface area contributed by atoms with Crippen molar-refractivity contribution in [2.75, 3.05) is 0 Å². The number of hydrogen-bond donors (Lipinski definition) is 1. The lowest BCUT2D eigenvalue weighted by atomic mass is 10.3. The van der Waals surface area contributed by atoms with Gasteiger partial charge in [-0.1, -0.05) is 6.07 Å². The second kappa shape index (κ2) is 3.01. The highest BCUT2D eigenvalue weighted by Crippen LogP contribution is 2.12. The molecule has 1 N–H and O–H groups in total. The fourth-order valence-corrected chi connectivity index (χ4v) is 1.15. The van der Waals surface area contributed by atoms with E-state index in [4.69, 9.17) is 0 Å². The fourth-order valence-electron chi connectivity index (χ4n) is 1.15. The number of aromatic amines is 1. The Kier molecular flexibility index (Phi) is 1.85. The third kappa shape index (κ3) is 1.59. The largest absolute Gasteiger partial charge is 0.341 e. The Morgan fingerprint density at radius 3 is 2.46 bits per heavy atom. The van der Waals surface area contributed by atoms with Crippen LogP contribution in [0.25, 0.3) is 11.5 Å². The number of nitrogens with zero attached hydrogens (tertiary/aromatic N) is 2. The van der Waals surface area contributed by atoms with Gasteiger partial charge in [0.25, 0.3) is 0 Å². The molecule has 3 heteroatoms.